The van der Waals surface area contributed by atoms with Crippen LogP contribution in [0.15, 0.2) is 24.3 Å². The lowest BCUT2D eigenvalue weighted by Crippen LogP contribution is -2.45. The average molecular weight is 316 g/mol. The molecular weight excluding hydrogens is 294 g/mol. The molecule has 3 atom stereocenters. The van der Waals surface area contributed by atoms with Gasteiger partial charge in [0.2, 0.25) is 0 Å². The molecule has 3 unspecified atom stereocenters. The van der Waals surface area contributed by atoms with Crippen LogP contribution in [0.2, 0.25) is 5.02 Å². The van der Waals surface area contributed by atoms with Crippen molar-refractivity contribution in [1.29, 1.82) is 0 Å². The Hall–Kier alpha value is -0.580. The van der Waals surface area contributed by atoms with Gasteiger partial charge in [0.1, 0.15) is 9.84 Å². The molecule has 112 valence electrons. The van der Waals surface area contributed by atoms with E-state index >= 15 is 0 Å². The molecule has 0 bridgehead atoms. The summed E-state index contributed by atoms with van der Waals surface area (Å²) in [6.07, 6.45) is 4.59. The van der Waals surface area contributed by atoms with Crippen molar-refractivity contribution in [2.75, 3.05) is 6.26 Å². The molecule has 2 N–H and O–H groups in total. The summed E-state index contributed by atoms with van der Waals surface area (Å²) < 4.78 is 23.6. The van der Waals surface area contributed by atoms with Gasteiger partial charge in [0.15, 0.2) is 0 Å². The second kappa shape index (κ2) is 5.66. The molecule has 0 aromatic heterocycles. The first-order chi connectivity index (χ1) is 9.21. The zero-order valence-electron chi connectivity index (χ0n) is 12.0. The number of sulfone groups is 1. The van der Waals surface area contributed by atoms with E-state index in [0.29, 0.717) is 11.4 Å². The zero-order chi connectivity index (χ0) is 15.0. The van der Waals surface area contributed by atoms with Gasteiger partial charge >= 0.3 is 0 Å². The number of halogens is 1. The van der Waals surface area contributed by atoms with Crippen LogP contribution >= 0.6 is 11.6 Å². The van der Waals surface area contributed by atoms with Crippen LogP contribution in [0.1, 0.15) is 38.2 Å². The van der Waals surface area contributed by atoms with Gasteiger partial charge in [-0.3, -0.25) is 0 Å². The molecule has 0 heterocycles. The number of hydrogen-bond acceptors (Lipinski definition) is 3. The van der Waals surface area contributed by atoms with Crippen LogP contribution in [0, 0.1) is 5.92 Å². The molecule has 2 rings (SSSR count). The van der Waals surface area contributed by atoms with Crippen LogP contribution in [0.25, 0.3) is 0 Å². The zero-order valence-corrected chi connectivity index (χ0v) is 13.5. The summed E-state index contributed by atoms with van der Waals surface area (Å²) in [4.78, 5) is 0. The first-order valence-electron chi connectivity index (χ1n) is 6.95. The Bertz CT molecular complexity index is 583. The second-order valence-electron chi connectivity index (χ2n) is 6.11. The Morgan fingerprint density at radius 1 is 1.35 bits per heavy atom. The van der Waals surface area contributed by atoms with E-state index in [4.69, 9.17) is 17.3 Å². The van der Waals surface area contributed by atoms with Gasteiger partial charge in [-0.2, -0.15) is 0 Å². The fraction of sp³-hybridized carbons (Fsp3) is 0.600. The highest BCUT2D eigenvalue weighted by molar-refractivity contribution is 7.91. The third-order valence-corrected chi connectivity index (χ3v) is 6.40. The summed E-state index contributed by atoms with van der Waals surface area (Å²) in [5.74, 6) is 0.162. The largest absolute Gasteiger partial charge is 0.321 e. The average Bonchev–Trinajstić information content (AvgIpc) is 2.38. The van der Waals surface area contributed by atoms with Crippen molar-refractivity contribution in [3.8, 4) is 0 Å². The molecule has 1 aliphatic rings. The van der Waals surface area contributed by atoms with Crippen molar-refractivity contribution in [3.63, 3.8) is 0 Å². The molecule has 0 saturated heterocycles. The number of benzene rings is 1. The number of rotatable bonds is 3. The van der Waals surface area contributed by atoms with E-state index in [1.165, 1.54) is 6.26 Å². The predicted molar refractivity (Wildman–Crippen MR) is 83.6 cm³/mol. The van der Waals surface area contributed by atoms with E-state index in [-0.39, 0.29) is 11.2 Å². The van der Waals surface area contributed by atoms with E-state index in [1.807, 2.05) is 31.2 Å². The minimum atomic E-state index is -2.99. The molecule has 1 aromatic carbocycles. The van der Waals surface area contributed by atoms with E-state index in [1.54, 1.807) is 0 Å². The highest BCUT2D eigenvalue weighted by Gasteiger charge is 2.38. The van der Waals surface area contributed by atoms with Gasteiger partial charge in [0, 0.05) is 16.8 Å². The normalized spacial score (nSPS) is 27.0. The molecule has 0 aliphatic heterocycles. The summed E-state index contributed by atoms with van der Waals surface area (Å²) >= 11 is 6.04. The summed E-state index contributed by atoms with van der Waals surface area (Å²) in [6.45, 7) is 1.98. The molecule has 1 saturated carbocycles. The number of nitrogens with two attached hydrogens (primary N) is 1. The SMILES string of the molecule is CC(N)(c1cccc(Cl)c1)C1CCCC(S(C)(=O)=O)C1. The molecule has 20 heavy (non-hydrogen) atoms. The Balaban J connectivity index is 2.25. The van der Waals surface area contributed by atoms with Crippen LogP contribution in [0.4, 0.5) is 0 Å². The molecule has 3 nitrogen and oxygen atoms in total. The maximum atomic E-state index is 11.8. The maximum absolute atomic E-state index is 11.8. The van der Waals surface area contributed by atoms with Crippen LogP contribution in [0.5, 0.6) is 0 Å². The molecule has 0 amide bonds. The van der Waals surface area contributed by atoms with Crippen LogP contribution in [-0.4, -0.2) is 19.9 Å². The van der Waals surface area contributed by atoms with Gasteiger partial charge in [-0.05, 0) is 49.8 Å². The lowest BCUT2D eigenvalue weighted by atomic mass is 9.72. The fourth-order valence-electron chi connectivity index (χ4n) is 3.14. The van der Waals surface area contributed by atoms with Crippen LogP contribution in [-0.2, 0) is 15.4 Å². The molecule has 0 radical (unpaired) electrons. The van der Waals surface area contributed by atoms with E-state index in [2.05, 4.69) is 0 Å². The van der Waals surface area contributed by atoms with Crippen molar-refractivity contribution in [2.24, 2.45) is 11.7 Å². The van der Waals surface area contributed by atoms with E-state index in [9.17, 15) is 8.42 Å². The van der Waals surface area contributed by atoms with Gasteiger partial charge in [0.25, 0.3) is 0 Å². The van der Waals surface area contributed by atoms with Crippen molar-refractivity contribution in [2.45, 2.75) is 43.4 Å². The van der Waals surface area contributed by atoms with Crippen molar-refractivity contribution < 1.29 is 8.42 Å². The fourth-order valence-corrected chi connectivity index (χ4v) is 4.50. The molecular formula is C15H22ClNO2S. The van der Waals surface area contributed by atoms with Gasteiger partial charge in [-0.1, -0.05) is 30.2 Å². The van der Waals surface area contributed by atoms with Crippen molar-refractivity contribution in [3.05, 3.63) is 34.9 Å². The third-order valence-electron chi connectivity index (χ3n) is 4.53. The maximum Gasteiger partial charge on any atom is 0.150 e. The predicted octanol–water partition coefficient (Wildman–Crippen LogP) is 3.12. The smallest absolute Gasteiger partial charge is 0.150 e. The third kappa shape index (κ3) is 3.35. The van der Waals surface area contributed by atoms with Crippen molar-refractivity contribution >= 4 is 21.4 Å². The number of hydrogen-bond donors (Lipinski definition) is 1. The van der Waals surface area contributed by atoms with Crippen LogP contribution in [0.3, 0.4) is 0 Å². The molecule has 1 aliphatic carbocycles. The van der Waals surface area contributed by atoms with Crippen LogP contribution < -0.4 is 5.73 Å². The van der Waals surface area contributed by atoms with Gasteiger partial charge in [-0.15, -0.1) is 0 Å². The quantitative estimate of drug-likeness (QED) is 0.932. The van der Waals surface area contributed by atoms with E-state index in [0.717, 1.165) is 24.8 Å². The summed E-state index contributed by atoms with van der Waals surface area (Å²) in [7, 11) is -2.99. The minimum Gasteiger partial charge on any atom is -0.321 e. The van der Waals surface area contributed by atoms with E-state index < -0.39 is 15.4 Å². The lowest BCUT2D eigenvalue weighted by molar-refractivity contribution is 0.226. The molecule has 5 heteroatoms. The Morgan fingerprint density at radius 3 is 2.65 bits per heavy atom. The summed E-state index contributed by atoms with van der Waals surface area (Å²) in [5, 5.41) is 0.401. The van der Waals surface area contributed by atoms with Gasteiger partial charge in [0.05, 0.1) is 5.25 Å². The first kappa shape index (κ1) is 15.8. The Kier molecular flexibility index (Phi) is 4.47. The first-order valence-corrected chi connectivity index (χ1v) is 9.28. The molecule has 1 fully saturated rings. The Morgan fingerprint density at radius 2 is 2.05 bits per heavy atom. The Labute approximate surface area is 126 Å². The lowest BCUT2D eigenvalue weighted by Gasteiger charge is -2.39. The van der Waals surface area contributed by atoms with Crippen molar-refractivity contribution in [1.82, 2.24) is 0 Å². The standard InChI is InChI=1S/C15H22ClNO2S/c1-15(17,11-5-3-7-13(16)9-11)12-6-4-8-14(10-12)20(2,18)19/h3,5,7,9,12,14H,4,6,8,10,17H2,1-2H3. The molecule has 1 aromatic rings. The highest BCUT2D eigenvalue weighted by Crippen LogP contribution is 2.39. The highest BCUT2D eigenvalue weighted by atomic mass is 35.5. The minimum absolute atomic E-state index is 0.162. The summed E-state index contributed by atoms with van der Waals surface area (Å²) in [5.41, 5.74) is 6.96. The van der Waals surface area contributed by atoms with Gasteiger partial charge in [-0.25, -0.2) is 8.42 Å². The summed E-state index contributed by atoms with van der Waals surface area (Å²) in [6, 6.07) is 7.56. The second-order valence-corrected chi connectivity index (χ2v) is 8.87. The van der Waals surface area contributed by atoms with Gasteiger partial charge < -0.3 is 5.73 Å². The topological polar surface area (TPSA) is 60.2 Å². The molecule has 0 spiro atoms. The monoisotopic (exact) mass is 315 g/mol.